The van der Waals surface area contributed by atoms with Gasteiger partial charge in [0.05, 0.1) is 26.3 Å². The Kier molecular flexibility index (Phi) is 7.91. The lowest BCUT2D eigenvalue weighted by atomic mass is 10.1. The molecule has 2 aromatic rings. The summed E-state index contributed by atoms with van der Waals surface area (Å²) in [6.45, 7) is 4.81. The summed E-state index contributed by atoms with van der Waals surface area (Å²) in [6, 6.07) is 8.06. The van der Waals surface area contributed by atoms with E-state index in [0.717, 1.165) is 11.1 Å². The molecule has 0 atom stereocenters. The highest BCUT2D eigenvalue weighted by atomic mass is 127. The molecule has 1 N–H and O–H groups in total. The first kappa shape index (κ1) is 21.5. The van der Waals surface area contributed by atoms with Gasteiger partial charge in [0.15, 0.2) is 11.5 Å². The van der Waals surface area contributed by atoms with Gasteiger partial charge in [-0.1, -0.05) is 30.4 Å². The first-order valence-corrected chi connectivity index (χ1v) is 9.90. The predicted octanol–water partition coefficient (Wildman–Crippen LogP) is 5.06. The van der Waals surface area contributed by atoms with Crippen LogP contribution in [0.3, 0.4) is 0 Å². The van der Waals surface area contributed by atoms with Crippen LogP contribution in [0, 0.1) is 17.4 Å². The Bertz CT molecular complexity index is 840. The topological polar surface area (TPSA) is 39.7 Å². The van der Waals surface area contributed by atoms with Crippen LogP contribution in [-0.2, 0) is 6.54 Å². The first-order chi connectivity index (χ1) is 12.9. The van der Waals surface area contributed by atoms with Gasteiger partial charge in [-0.15, -0.1) is 0 Å². The van der Waals surface area contributed by atoms with E-state index in [4.69, 9.17) is 26.4 Å². The molecule has 0 spiro atoms. The number of thiocarbonyl (C=S) groups is 1. The van der Waals surface area contributed by atoms with Crippen LogP contribution in [0.2, 0.25) is 0 Å². The van der Waals surface area contributed by atoms with Gasteiger partial charge >= 0.3 is 0 Å². The summed E-state index contributed by atoms with van der Waals surface area (Å²) in [5.41, 5.74) is 4.74. The molecular weight excluding hydrogens is 473 g/mol. The number of rotatable bonds is 7. The Morgan fingerprint density at radius 1 is 1.07 bits per heavy atom. The fourth-order valence-corrected chi connectivity index (χ4v) is 3.51. The zero-order chi connectivity index (χ0) is 20.0. The summed E-state index contributed by atoms with van der Waals surface area (Å²) in [7, 11) is 4.80. The van der Waals surface area contributed by atoms with E-state index < -0.39 is 0 Å². The molecular formula is C21H24INO3S. The smallest absolute Gasteiger partial charge is 0.203 e. The lowest BCUT2D eigenvalue weighted by Gasteiger charge is -2.14. The second-order valence-corrected chi connectivity index (χ2v) is 7.51. The number of hydrogen-bond donors (Lipinski definition) is 1. The van der Waals surface area contributed by atoms with Gasteiger partial charge < -0.3 is 19.5 Å². The molecule has 0 saturated heterocycles. The molecule has 2 aromatic carbocycles. The van der Waals surface area contributed by atoms with E-state index in [-0.39, 0.29) is 0 Å². The summed E-state index contributed by atoms with van der Waals surface area (Å²) in [5, 5.41) is 3.25. The lowest BCUT2D eigenvalue weighted by molar-refractivity contribution is 0.323. The SMILES string of the molecule is COc1cc(CNC(=S)/C=C/c2ccc(C)c(C)c2I)cc(OC)c1OC. The van der Waals surface area contributed by atoms with Gasteiger partial charge in [0.2, 0.25) is 5.75 Å². The average Bonchev–Trinajstić information content (AvgIpc) is 2.68. The lowest BCUT2D eigenvalue weighted by Crippen LogP contribution is -2.18. The summed E-state index contributed by atoms with van der Waals surface area (Å²) in [4.78, 5) is 0.665. The predicted molar refractivity (Wildman–Crippen MR) is 123 cm³/mol. The largest absolute Gasteiger partial charge is 0.493 e. The summed E-state index contributed by atoms with van der Waals surface area (Å²) >= 11 is 7.81. The fraction of sp³-hybridized carbons (Fsp3) is 0.286. The van der Waals surface area contributed by atoms with Crippen LogP contribution in [0.5, 0.6) is 17.2 Å². The molecule has 0 saturated carbocycles. The van der Waals surface area contributed by atoms with Gasteiger partial charge in [-0.2, -0.15) is 0 Å². The van der Waals surface area contributed by atoms with Crippen molar-refractivity contribution in [3.8, 4) is 17.2 Å². The Balaban J connectivity index is 2.08. The number of benzene rings is 2. The van der Waals surface area contributed by atoms with Crippen LogP contribution in [0.4, 0.5) is 0 Å². The maximum absolute atomic E-state index is 5.44. The third kappa shape index (κ3) is 5.35. The van der Waals surface area contributed by atoms with Crippen molar-refractivity contribution in [1.29, 1.82) is 0 Å². The molecule has 0 aliphatic carbocycles. The minimum Gasteiger partial charge on any atom is -0.493 e. The van der Waals surface area contributed by atoms with Crippen LogP contribution >= 0.6 is 34.8 Å². The van der Waals surface area contributed by atoms with Crippen LogP contribution in [0.1, 0.15) is 22.3 Å². The van der Waals surface area contributed by atoms with Gasteiger partial charge in [-0.25, -0.2) is 0 Å². The molecule has 0 aliphatic rings. The van der Waals surface area contributed by atoms with Crippen LogP contribution in [0.15, 0.2) is 30.3 Å². The van der Waals surface area contributed by atoms with Crippen molar-refractivity contribution in [3.63, 3.8) is 0 Å². The van der Waals surface area contributed by atoms with E-state index in [0.29, 0.717) is 28.8 Å². The van der Waals surface area contributed by atoms with Gasteiger partial charge in [-0.05, 0) is 76.9 Å². The average molecular weight is 497 g/mol. The van der Waals surface area contributed by atoms with Crippen molar-refractivity contribution >= 4 is 45.9 Å². The van der Waals surface area contributed by atoms with E-state index in [9.17, 15) is 0 Å². The van der Waals surface area contributed by atoms with E-state index >= 15 is 0 Å². The minimum absolute atomic E-state index is 0.559. The standard InChI is InChI=1S/C21H24INO3S/c1-13-6-7-16(20(22)14(13)2)8-9-19(27)23-12-15-10-17(24-3)21(26-5)18(11-15)25-4/h6-11H,12H2,1-5H3,(H,23,27)/b9-8+. The highest BCUT2D eigenvalue weighted by molar-refractivity contribution is 14.1. The van der Waals surface area contributed by atoms with Crippen molar-refractivity contribution in [2.75, 3.05) is 21.3 Å². The molecule has 4 nitrogen and oxygen atoms in total. The second-order valence-electron chi connectivity index (χ2n) is 6.00. The third-order valence-corrected chi connectivity index (χ3v) is 6.00. The van der Waals surface area contributed by atoms with E-state index in [1.165, 1.54) is 14.7 Å². The molecule has 0 aromatic heterocycles. The Morgan fingerprint density at radius 2 is 1.70 bits per heavy atom. The van der Waals surface area contributed by atoms with Gasteiger partial charge in [0.1, 0.15) is 0 Å². The molecule has 0 amide bonds. The highest BCUT2D eigenvalue weighted by Gasteiger charge is 2.13. The summed E-state index contributed by atoms with van der Waals surface area (Å²) in [5.74, 6) is 1.83. The highest BCUT2D eigenvalue weighted by Crippen LogP contribution is 2.38. The van der Waals surface area contributed by atoms with Gasteiger partial charge in [-0.3, -0.25) is 0 Å². The number of nitrogens with one attached hydrogen (secondary N) is 1. The van der Waals surface area contributed by atoms with Crippen LogP contribution in [-0.4, -0.2) is 26.3 Å². The van der Waals surface area contributed by atoms with Crippen LogP contribution < -0.4 is 19.5 Å². The van der Waals surface area contributed by atoms with Crippen molar-refractivity contribution in [3.05, 3.63) is 56.2 Å². The monoisotopic (exact) mass is 497 g/mol. The number of aryl methyl sites for hydroxylation is 1. The summed E-state index contributed by atoms with van der Waals surface area (Å²) in [6.07, 6.45) is 3.96. The molecule has 0 aliphatic heterocycles. The van der Waals surface area contributed by atoms with Crippen molar-refractivity contribution in [2.45, 2.75) is 20.4 Å². The number of ether oxygens (including phenoxy) is 3. The number of methoxy groups -OCH3 is 3. The minimum atomic E-state index is 0.559. The Morgan fingerprint density at radius 3 is 2.26 bits per heavy atom. The van der Waals surface area contributed by atoms with Crippen molar-refractivity contribution < 1.29 is 14.2 Å². The quantitative estimate of drug-likeness (QED) is 0.329. The molecule has 0 radical (unpaired) electrons. The maximum Gasteiger partial charge on any atom is 0.203 e. The van der Waals surface area contributed by atoms with E-state index in [2.05, 4.69) is 53.9 Å². The zero-order valence-corrected chi connectivity index (χ0v) is 19.2. The first-order valence-electron chi connectivity index (χ1n) is 8.41. The van der Waals surface area contributed by atoms with Crippen LogP contribution in [0.25, 0.3) is 6.08 Å². The van der Waals surface area contributed by atoms with Crippen molar-refractivity contribution in [1.82, 2.24) is 5.32 Å². The van der Waals surface area contributed by atoms with E-state index in [1.54, 1.807) is 21.3 Å². The Hall–Kier alpha value is -1.80. The summed E-state index contributed by atoms with van der Waals surface area (Å²) < 4.78 is 17.4. The molecule has 0 unspecified atom stereocenters. The third-order valence-electron chi connectivity index (χ3n) is 4.29. The molecule has 0 fully saturated rings. The fourth-order valence-electron chi connectivity index (χ4n) is 2.58. The normalized spacial score (nSPS) is 10.7. The van der Waals surface area contributed by atoms with Gasteiger partial charge in [0, 0.05) is 10.1 Å². The zero-order valence-electron chi connectivity index (χ0n) is 16.2. The Labute approximate surface area is 180 Å². The van der Waals surface area contributed by atoms with Gasteiger partial charge in [0.25, 0.3) is 0 Å². The molecule has 0 heterocycles. The molecule has 6 heteroatoms. The van der Waals surface area contributed by atoms with E-state index in [1.807, 2.05) is 24.3 Å². The maximum atomic E-state index is 5.44. The molecule has 27 heavy (non-hydrogen) atoms. The molecule has 0 bridgehead atoms. The molecule has 2 rings (SSSR count). The second kappa shape index (κ2) is 9.94. The number of hydrogen-bond acceptors (Lipinski definition) is 4. The molecule has 144 valence electrons. The van der Waals surface area contributed by atoms with Crippen molar-refractivity contribution in [2.24, 2.45) is 0 Å². The number of halogens is 1.